The molecule has 0 saturated carbocycles. The molecular formula is C14H21N3O3. The fraction of sp³-hybridized carbons (Fsp3) is 0.786. The van der Waals surface area contributed by atoms with E-state index in [0.29, 0.717) is 18.9 Å². The summed E-state index contributed by atoms with van der Waals surface area (Å²) >= 11 is 0. The molecule has 0 radical (unpaired) electrons. The number of piperidine rings is 1. The molecule has 6 nitrogen and oxygen atoms in total. The van der Waals surface area contributed by atoms with Crippen LogP contribution in [0.3, 0.4) is 0 Å². The average molecular weight is 279 g/mol. The number of ether oxygens (including phenoxy) is 1. The summed E-state index contributed by atoms with van der Waals surface area (Å²) in [5.74, 6) is 1.72. The first-order valence-electron chi connectivity index (χ1n) is 7.42. The summed E-state index contributed by atoms with van der Waals surface area (Å²) in [6.45, 7) is 4.12. The molecule has 3 heterocycles. The molecule has 0 aromatic carbocycles. The van der Waals surface area contributed by atoms with Crippen molar-refractivity contribution in [2.75, 3.05) is 19.7 Å². The lowest BCUT2D eigenvalue weighted by molar-refractivity contribution is -0.134. The van der Waals surface area contributed by atoms with Crippen LogP contribution in [-0.2, 0) is 9.53 Å². The van der Waals surface area contributed by atoms with Crippen molar-refractivity contribution in [2.24, 2.45) is 0 Å². The number of likely N-dealkylation sites (tertiary alicyclic amines) is 1. The molecule has 2 aliphatic heterocycles. The molecule has 2 fully saturated rings. The normalized spacial score (nSPS) is 26.9. The lowest BCUT2D eigenvalue weighted by Crippen LogP contribution is -2.40. The molecule has 1 amide bonds. The summed E-state index contributed by atoms with van der Waals surface area (Å²) in [6, 6.07) is 0. The monoisotopic (exact) mass is 279 g/mol. The Morgan fingerprint density at radius 3 is 3.00 bits per heavy atom. The molecular weight excluding hydrogens is 258 g/mol. The van der Waals surface area contributed by atoms with Gasteiger partial charge in [-0.1, -0.05) is 5.16 Å². The molecule has 110 valence electrons. The van der Waals surface area contributed by atoms with Gasteiger partial charge in [-0.2, -0.15) is 4.98 Å². The van der Waals surface area contributed by atoms with Gasteiger partial charge in [-0.3, -0.25) is 4.79 Å². The molecule has 2 saturated heterocycles. The van der Waals surface area contributed by atoms with E-state index in [1.165, 1.54) is 0 Å². The third-order valence-corrected chi connectivity index (χ3v) is 4.11. The molecule has 1 aromatic heterocycles. The summed E-state index contributed by atoms with van der Waals surface area (Å²) in [5, 5.41) is 3.99. The number of rotatable bonds is 3. The highest BCUT2D eigenvalue weighted by molar-refractivity contribution is 5.76. The minimum atomic E-state index is 0.121. The van der Waals surface area contributed by atoms with Crippen LogP contribution >= 0.6 is 0 Å². The van der Waals surface area contributed by atoms with Gasteiger partial charge in [0, 0.05) is 32.5 Å². The quantitative estimate of drug-likeness (QED) is 0.841. The Bertz CT molecular complexity index is 468. The van der Waals surface area contributed by atoms with Crippen LogP contribution in [0.4, 0.5) is 0 Å². The van der Waals surface area contributed by atoms with Gasteiger partial charge in [-0.25, -0.2) is 0 Å². The van der Waals surface area contributed by atoms with E-state index in [1.807, 2.05) is 4.90 Å². The molecule has 0 aliphatic carbocycles. The van der Waals surface area contributed by atoms with Crippen LogP contribution in [0.2, 0.25) is 0 Å². The van der Waals surface area contributed by atoms with E-state index in [4.69, 9.17) is 9.26 Å². The maximum Gasteiger partial charge on any atom is 0.225 e. The summed E-state index contributed by atoms with van der Waals surface area (Å²) in [7, 11) is 0. The molecule has 2 atom stereocenters. The number of amides is 1. The molecule has 0 N–H and O–H groups in total. The van der Waals surface area contributed by atoms with Gasteiger partial charge < -0.3 is 14.2 Å². The third-order valence-electron chi connectivity index (χ3n) is 4.11. The Labute approximate surface area is 118 Å². The molecule has 0 unspecified atom stereocenters. The van der Waals surface area contributed by atoms with E-state index in [2.05, 4.69) is 10.1 Å². The molecule has 0 spiro atoms. The first-order chi connectivity index (χ1) is 9.72. The van der Waals surface area contributed by atoms with Crippen molar-refractivity contribution in [2.45, 2.75) is 51.0 Å². The van der Waals surface area contributed by atoms with Gasteiger partial charge in [0.2, 0.25) is 11.8 Å². The zero-order valence-electron chi connectivity index (χ0n) is 11.9. The fourth-order valence-corrected chi connectivity index (χ4v) is 3.02. The van der Waals surface area contributed by atoms with E-state index in [-0.39, 0.29) is 17.9 Å². The lowest BCUT2D eigenvalue weighted by atomic mass is 9.97. The average Bonchev–Trinajstić information content (AvgIpc) is 3.10. The summed E-state index contributed by atoms with van der Waals surface area (Å²) in [4.78, 5) is 18.5. The van der Waals surface area contributed by atoms with Crippen molar-refractivity contribution in [3.63, 3.8) is 0 Å². The van der Waals surface area contributed by atoms with Crippen molar-refractivity contribution in [3.05, 3.63) is 11.7 Å². The summed E-state index contributed by atoms with van der Waals surface area (Å²) in [5.41, 5.74) is 0. The smallest absolute Gasteiger partial charge is 0.225 e. The highest BCUT2D eigenvalue weighted by atomic mass is 16.5. The number of aromatic nitrogens is 2. The second-order valence-electron chi connectivity index (χ2n) is 5.69. The highest BCUT2D eigenvalue weighted by Gasteiger charge is 2.29. The van der Waals surface area contributed by atoms with Crippen molar-refractivity contribution in [1.82, 2.24) is 15.0 Å². The number of hydrogen-bond acceptors (Lipinski definition) is 5. The van der Waals surface area contributed by atoms with Crippen LogP contribution in [0.1, 0.15) is 49.7 Å². The maximum absolute atomic E-state index is 12.3. The van der Waals surface area contributed by atoms with Gasteiger partial charge >= 0.3 is 0 Å². The van der Waals surface area contributed by atoms with E-state index < -0.39 is 0 Å². The van der Waals surface area contributed by atoms with Crippen LogP contribution in [0.5, 0.6) is 0 Å². The lowest BCUT2D eigenvalue weighted by Gasteiger charge is -2.31. The number of carbonyl (C=O) groups excluding carboxylic acids is 1. The zero-order valence-corrected chi connectivity index (χ0v) is 11.9. The molecule has 0 bridgehead atoms. The molecule has 3 rings (SSSR count). The Morgan fingerprint density at radius 1 is 1.40 bits per heavy atom. The SMILES string of the molecule is Cc1nc([C@H]2CCCN(C(=O)C[C@@H]3CCCO3)C2)no1. The Balaban J connectivity index is 1.58. The van der Waals surface area contributed by atoms with Gasteiger partial charge in [0.05, 0.1) is 12.5 Å². The van der Waals surface area contributed by atoms with Crippen molar-refractivity contribution >= 4 is 5.91 Å². The maximum atomic E-state index is 12.3. The molecule has 20 heavy (non-hydrogen) atoms. The third kappa shape index (κ3) is 3.00. The second-order valence-corrected chi connectivity index (χ2v) is 5.69. The van der Waals surface area contributed by atoms with E-state index in [1.54, 1.807) is 6.92 Å². The van der Waals surface area contributed by atoms with Gasteiger partial charge in [-0.15, -0.1) is 0 Å². The second kappa shape index (κ2) is 5.91. The molecule has 6 heteroatoms. The topological polar surface area (TPSA) is 68.5 Å². The summed E-state index contributed by atoms with van der Waals surface area (Å²) in [6.07, 6.45) is 4.72. The van der Waals surface area contributed by atoms with E-state index in [0.717, 1.165) is 44.7 Å². The predicted octanol–water partition coefficient (Wildman–Crippen LogP) is 1.65. The molecule has 2 aliphatic rings. The van der Waals surface area contributed by atoms with Crippen LogP contribution in [0.25, 0.3) is 0 Å². The van der Waals surface area contributed by atoms with E-state index >= 15 is 0 Å². The highest BCUT2D eigenvalue weighted by Crippen LogP contribution is 2.26. The minimum Gasteiger partial charge on any atom is -0.378 e. The Morgan fingerprint density at radius 2 is 2.30 bits per heavy atom. The number of nitrogens with zero attached hydrogens (tertiary/aromatic N) is 3. The number of aryl methyl sites for hydroxylation is 1. The number of carbonyl (C=O) groups is 1. The Kier molecular flexibility index (Phi) is 4.00. The van der Waals surface area contributed by atoms with Gasteiger partial charge in [0.25, 0.3) is 0 Å². The fourth-order valence-electron chi connectivity index (χ4n) is 3.02. The Hall–Kier alpha value is -1.43. The van der Waals surface area contributed by atoms with Crippen LogP contribution in [0, 0.1) is 6.92 Å². The van der Waals surface area contributed by atoms with Crippen molar-refractivity contribution in [1.29, 1.82) is 0 Å². The van der Waals surface area contributed by atoms with Crippen LogP contribution in [0.15, 0.2) is 4.52 Å². The largest absolute Gasteiger partial charge is 0.378 e. The van der Waals surface area contributed by atoms with E-state index in [9.17, 15) is 4.79 Å². The van der Waals surface area contributed by atoms with Crippen LogP contribution < -0.4 is 0 Å². The van der Waals surface area contributed by atoms with Gasteiger partial charge in [0.15, 0.2) is 5.82 Å². The first kappa shape index (κ1) is 13.5. The predicted molar refractivity (Wildman–Crippen MR) is 71.2 cm³/mol. The van der Waals surface area contributed by atoms with Crippen molar-refractivity contribution < 1.29 is 14.1 Å². The van der Waals surface area contributed by atoms with Crippen LogP contribution in [-0.4, -0.2) is 46.7 Å². The zero-order chi connectivity index (χ0) is 13.9. The van der Waals surface area contributed by atoms with Gasteiger partial charge in [-0.05, 0) is 25.7 Å². The molecule has 1 aromatic rings. The standard InChI is InChI=1S/C14H21N3O3/c1-10-15-14(16-20-10)11-4-2-6-17(9-11)13(18)8-12-5-3-7-19-12/h11-12H,2-9H2,1H3/t11-,12-/m0/s1. The first-order valence-corrected chi connectivity index (χ1v) is 7.42. The minimum absolute atomic E-state index is 0.121. The summed E-state index contributed by atoms with van der Waals surface area (Å²) < 4.78 is 10.6. The van der Waals surface area contributed by atoms with Crippen molar-refractivity contribution in [3.8, 4) is 0 Å². The number of hydrogen-bond donors (Lipinski definition) is 0. The van der Waals surface area contributed by atoms with Gasteiger partial charge in [0.1, 0.15) is 0 Å².